The van der Waals surface area contributed by atoms with Crippen LogP contribution in [0, 0.1) is 0 Å². The van der Waals surface area contributed by atoms with Crippen LogP contribution in [0.1, 0.15) is 65.7 Å². The molecule has 0 aliphatic carbocycles. The summed E-state index contributed by atoms with van der Waals surface area (Å²) in [6.45, 7) is 5.64. The van der Waals surface area contributed by atoms with E-state index in [-0.39, 0.29) is 12.3 Å². The molecule has 0 radical (unpaired) electrons. The summed E-state index contributed by atoms with van der Waals surface area (Å²) in [5, 5.41) is 22.5. The number of aliphatic carboxylic acids is 1. The standard InChI is InChI=1S/C21H36N4O5S2/c1-21(2,3)30-20(29)24-13(18(27)28)8-6-7-11-22-16(26)10-5-4-9-15-17-14(12-32-15)23-19(31)25-17/h13-15,17H,4-12H2,1-3H3,(H,22,26)(H,24,29)(H,27,28)(H2,23,25,31). The summed E-state index contributed by atoms with van der Waals surface area (Å²) in [6, 6.07) is -0.172. The molecule has 4 atom stereocenters. The van der Waals surface area contributed by atoms with Gasteiger partial charge in [0, 0.05) is 24.0 Å². The van der Waals surface area contributed by atoms with E-state index in [9.17, 15) is 19.5 Å². The molecule has 2 fully saturated rings. The number of thiocarbonyl (C=S) groups is 1. The number of unbranched alkanes of at least 4 members (excludes halogenated alkanes) is 2. The number of carbonyl (C=O) groups is 3. The van der Waals surface area contributed by atoms with Crippen molar-refractivity contribution in [3.8, 4) is 0 Å². The molecule has 2 aliphatic rings. The van der Waals surface area contributed by atoms with Crippen LogP contribution in [0.4, 0.5) is 4.79 Å². The Morgan fingerprint density at radius 3 is 2.66 bits per heavy atom. The fourth-order valence-electron chi connectivity index (χ4n) is 3.77. The van der Waals surface area contributed by atoms with Gasteiger partial charge in [-0.15, -0.1) is 0 Å². The highest BCUT2D eigenvalue weighted by atomic mass is 32.2. The van der Waals surface area contributed by atoms with Gasteiger partial charge in [-0.25, -0.2) is 9.59 Å². The van der Waals surface area contributed by atoms with Gasteiger partial charge in [0.25, 0.3) is 0 Å². The fraction of sp³-hybridized carbons (Fsp3) is 0.810. The molecule has 0 aromatic rings. The summed E-state index contributed by atoms with van der Waals surface area (Å²) in [4.78, 5) is 35.1. The molecular formula is C21H36N4O5S2. The highest BCUT2D eigenvalue weighted by molar-refractivity contribution is 8.00. The lowest BCUT2D eigenvalue weighted by Crippen LogP contribution is -2.43. The number of carbonyl (C=O) groups excluding carboxylic acids is 2. The third-order valence-electron chi connectivity index (χ3n) is 5.31. The molecule has 9 nitrogen and oxygen atoms in total. The molecule has 4 unspecified atom stereocenters. The van der Waals surface area contributed by atoms with Gasteiger partial charge in [-0.2, -0.15) is 11.8 Å². The van der Waals surface area contributed by atoms with Crippen LogP contribution in [0.15, 0.2) is 0 Å². The number of alkyl carbamates (subject to hydrolysis) is 1. The number of hydrogen-bond acceptors (Lipinski definition) is 6. The molecule has 2 saturated heterocycles. The van der Waals surface area contributed by atoms with Crippen molar-refractivity contribution in [3.63, 3.8) is 0 Å². The smallest absolute Gasteiger partial charge is 0.408 e. The second-order valence-electron chi connectivity index (χ2n) is 9.25. The van der Waals surface area contributed by atoms with E-state index < -0.39 is 23.7 Å². The van der Waals surface area contributed by atoms with E-state index in [2.05, 4.69) is 21.3 Å². The summed E-state index contributed by atoms with van der Waals surface area (Å²) in [6.07, 6.45) is 4.15. The number of carboxylic acids is 1. The Balaban J connectivity index is 1.51. The molecule has 2 aliphatic heterocycles. The number of rotatable bonds is 12. The first-order chi connectivity index (χ1) is 15.0. The van der Waals surface area contributed by atoms with Crippen LogP contribution >= 0.6 is 24.0 Å². The molecule has 2 rings (SSSR count). The van der Waals surface area contributed by atoms with Gasteiger partial charge in [0.2, 0.25) is 5.91 Å². The van der Waals surface area contributed by atoms with Crippen LogP contribution < -0.4 is 21.3 Å². The fourth-order valence-corrected chi connectivity index (χ4v) is 5.60. The minimum Gasteiger partial charge on any atom is -0.480 e. The topological polar surface area (TPSA) is 129 Å². The molecular weight excluding hydrogens is 452 g/mol. The van der Waals surface area contributed by atoms with E-state index in [0.29, 0.717) is 43.1 Å². The van der Waals surface area contributed by atoms with Gasteiger partial charge in [-0.05, 0) is 65.1 Å². The molecule has 0 saturated carbocycles. The zero-order chi connectivity index (χ0) is 23.7. The maximum atomic E-state index is 12.0. The van der Waals surface area contributed by atoms with Gasteiger partial charge in [0.1, 0.15) is 11.6 Å². The van der Waals surface area contributed by atoms with Gasteiger partial charge < -0.3 is 31.1 Å². The monoisotopic (exact) mass is 488 g/mol. The van der Waals surface area contributed by atoms with E-state index in [4.69, 9.17) is 17.0 Å². The van der Waals surface area contributed by atoms with E-state index in [1.165, 1.54) is 0 Å². The highest BCUT2D eigenvalue weighted by Gasteiger charge is 2.41. The minimum atomic E-state index is -1.10. The summed E-state index contributed by atoms with van der Waals surface area (Å²) in [5.74, 6) is -0.0126. The molecule has 5 N–H and O–H groups in total. The van der Waals surface area contributed by atoms with Crippen molar-refractivity contribution in [2.24, 2.45) is 0 Å². The molecule has 11 heteroatoms. The number of amides is 2. The van der Waals surface area contributed by atoms with Crippen molar-refractivity contribution < 1.29 is 24.2 Å². The zero-order valence-electron chi connectivity index (χ0n) is 19.1. The molecule has 2 heterocycles. The predicted octanol–water partition coefficient (Wildman–Crippen LogP) is 2.14. The molecule has 182 valence electrons. The second kappa shape index (κ2) is 12.5. The van der Waals surface area contributed by atoms with Gasteiger partial charge in [-0.3, -0.25) is 4.79 Å². The van der Waals surface area contributed by atoms with Crippen molar-refractivity contribution in [3.05, 3.63) is 0 Å². The molecule has 2 amide bonds. The van der Waals surface area contributed by atoms with Crippen molar-refractivity contribution in [1.29, 1.82) is 0 Å². The number of nitrogens with one attached hydrogen (secondary N) is 4. The molecule has 0 aromatic carbocycles. The molecule has 0 aromatic heterocycles. The minimum absolute atomic E-state index is 0.0189. The van der Waals surface area contributed by atoms with Crippen LogP contribution in [-0.4, -0.2) is 69.5 Å². The van der Waals surface area contributed by atoms with Crippen LogP contribution in [-0.2, 0) is 14.3 Å². The molecule has 0 bridgehead atoms. The first kappa shape index (κ1) is 26.5. The van der Waals surface area contributed by atoms with Gasteiger partial charge in [0.05, 0.1) is 12.1 Å². The normalized spacial score (nSPS) is 23.0. The quantitative estimate of drug-likeness (QED) is 0.207. The molecule has 0 spiro atoms. The second-order valence-corrected chi connectivity index (χ2v) is 10.9. The predicted molar refractivity (Wildman–Crippen MR) is 129 cm³/mol. The van der Waals surface area contributed by atoms with E-state index >= 15 is 0 Å². The highest BCUT2D eigenvalue weighted by Crippen LogP contribution is 2.33. The molecule has 32 heavy (non-hydrogen) atoms. The number of thioether (sulfide) groups is 1. The van der Waals surface area contributed by atoms with Crippen LogP contribution in [0.3, 0.4) is 0 Å². The maximum Gasteiger partial charge on any atom is 0.408 e. The largest absolute Gasteiger partial charge is 0.480 e. The Morgan fingerprint density at radius 2 is 1.97 bits per heavy atom. The van der Waals surface area contributed by atoms with Gasteiger partial charge in [-0.1, -0.05) is 6.42 Å². The third kappa shape index (κ3) is 9.40. The van der Waals surface area contributed by atoms with Crippen molar-refractivity contribution in [2.45, 2.75) is 94.7 Å². The SMILES string of the molecule is CC(C)(C)OC(=O)NC(CCCCNC(=O)CCCCC1SCC2NC(=S)NC21)C(=O)O. The van der Waals surface area contributed by atoms with E-state index in [1.807, 2.05) is 11.8 Å². The first-order valence-corrected chi connectivity index (χ1v) is 12.7. The van der Waals surface area contributed by atoms with E-state index in [0.717, 1.165) is 30.1 Å². The lowest BCUT2D eigenvalue weighted by molar-refractivity contribution is -0.139. The Hall–Kier alpha value is -1.75. The number of carboxylic acid groups (broad SMARTS) is 1. The lowest BCUT2D eigenvalue weighted by Gasteiger charge is -2.22. The number of fused-ring (bicyclic) bond motifs is 1. The summed E-state index contributed by atoms with van der Waals surface area (Å²) >= 11 is 7.15. The number of ether oxygens (including phenoxy) is 1. The Morgan fingerprint density at radius 1 is 1.22 bits per heavy atom. The van der Waals surface area contributed by atoms with Crippen molar-refractivity contribution in [1.82, 2.24) is 21.3 Å². The van der Waals surface area contributed by atoms with Crippen LogP contribution in [0.2, 0.25) is 0 Å². The first-order valence-electron chi connectivity index (χ1n) is 11.2. The Labute approximate surface area is 199 Å². The van der Waals surface area contributed by atoms with Crippen molar-refractivity contribution in [2.75, 3.05) is 12.3 Å². The third-order valence-corrected chi connectivity index (χ3v) is 7.06. The summed E-state index contributed by atoms with van der Waals surface area (Å²) in [7, 11) is 0. The van der Waals surface area contributed by atoms with E-state index in [1.54, 1.807) is 20.8 Å². The number of hydrogen-bond donors (Lipinski definition) is 5. The zero-order valence-corrected chi connectivity index (χ0v) is 20.7. The average molecular weight is 489 g/mol. The summed E-state index contributed by atoms with van der Waals surface area (Å²) < 4.78 is 5.10. The van der Waals surface area contributed by atoms with Crippen LogP contribution in [0.5, 0.6) is 0 Å². The van der Waals surface area contributed by atoms with Gasteiger partial charge in [0.15, 0.2) is 5.11 Å². The Bertz CT molecular complexity index is 686. The van der Waals surface area contributed by atoms with Crippen molar-refractivity contribution >= 4 is 47.1 Å². The average Bonchev–Trinajstić information content (AvgIpc) is 3.21. The Kier molecular flexibility index (Phi) is 10.3. The summed E-state index contributed by atoms with van der Waals surface area (Å²) in [5.41, 5.74) is -0.687. The lowest BCUT2D eigenvalue weighted by atomic mass is 10.0. The van der Waals surface area contributed by atoms with Gasteiger partial charge >= 0.3 is 12.1 Å². The van der Waals surface area contributed by atoms with Crippen LogP contribution in [0.25, 0.3) is 0 Å². The maximum absolute atomic E-state index is 12.0.